The van der Waals surface area contributed by atoms with E-state index in [1.54, 1.807) is 18.2 Å². The number of nitrogens with one attached hydrogen (secondary N) is 1. The minimum absolute atomic E-state index is 0.00232. The molecule has 0 aliphatic heterocycles. The van der Waals surface area contributed by atoms with Crippen molar-refractivity contribution < 1.29 is 27.1 Å². The number of nitriles is 1. The highest BCUT2D eigenvalue weighted by atomic mass is 79.9. The lowest BCUT2D eigenvalue weighted by Crippen LogP contribution is -2.13. The van der Waals surface area contributed by atoms with Gasteiger partial charge in [-0.25, -0.2) is 0 Å². The van der Waals surface area contributed by atoms with E-state index in [0.29, 0.717) is 11.3 Å². The topological polar surface area (TPSA) is 149 Å². The molecular weight excluding hydrogens is 554 g/mol. The van der Waals surface area contributed by atoms with Gasteiger partial charge in [0.25, 0.3) is 11.6 Å². The molecule has 0 fully saturated rings. The maximum Gasteiger partial charge on any atom is 0.339 e. The van der Waals surface area contributed by atoms with Gasteiger partial charge in [0.05, 0.1) is 16.5 Å². The minimum atomic E-state index is -4.37. The molecule has 0 aliphatic rings. The van der Waals surface area contributed by atoms with E-state index in [9.17, 15) is 28.6 Å². The van der Waals surface area contributed by atoms with E-state index in [4.69, 9.17) is 8.92 Å². The zero-order valence-corrected chi connectivity index (χ0v) is 21.3. The van der Waals surface area contributed by atoms with Gasteiger partial charge in [-0.05, 0) is 76.5 Å². The van der Waals surface area contributed by atoms with Crippen LogP contribution in [0.3, 0.4) is 0 Å². The molecule has 10 nitrogen and oxygen atoms in total. The van der Waals surface area contributed by atoms with Gasteiger partial charge >= 0.3 is 10.1 Å². The summed E-state index contributed by atoms with van der Waals surface area (Å²) in [5.74, 6) is -0.813. The second-order valence-electron chi connectivity index (χ2n) is 7.32. The molecular formula is C24H18BrN3O7S. The molecule has 36 heavy (non-hydrogen) atoms. The summed E-state index contributed by atoms with van der Waals surface area (Å²) >= 11 is 3.23. The predicted molar refractivity (Wildman–Crippen MR) is 135 cm³/mol. The molecule has 184 valence electrons. The van der Waals surface area contributed by atoms with Crippen LogP contribution < -0.4 is 14.2 Å². The van der Waals surface area contributed by atoms with E-state index in [1.807, 2.05) is 19.1 Å². The third kappa shape index (κ3) is 6.26. The number of hydrogen-bond acceptors (Lipinski definition) is 8. The summed E-state index contributed by atoms with van der Waals surface area (Å²) in [7, 11) is -3.08. The zero-order chi connectivity index (χ0) is 26.5. The second-order valence-corrected chi connectivity index (χ2v) is 9.72. The van der Waals surface area contributed by atoms with Crippen LogP contribution >= 0.6 is 15.9 Å². The molecule has 3 aromatic rings. The highest BCUT2D eigenvalue weighted by molar-refractivity contribution is 9.10. The van der Waals surface area contributed by atoms with Gasteiger partial charge in [0.2, 0.25) is 0 Å². The molecule has 0 radical (unpaired) electrons. The average molecular weight is 572 g/mol. The van der Waals surface area contributed by atoms with Gasteiger partial charge in [-0.1, -0.05) is 12.1 Å². The van der Waals surface area contributed by atoms with Crippen molar-refractivity contribution >= 4 is 49.4 Å². The lowest BCUT2D eigenvalue weighted by Gasteiger charge is -2.13. The number of non-ortho nitro benzene ring substituents is 1. The Bertz CT molecular complexity index is 1510. The number of aryl methyl sites for hydroxylation is 1. The Kier molecular flexibility index (Phi) is 8.08. The van der Waals surface area contributed by atoms with E-state index >= 15 is 0 Å². The average Bonchev–Trinajstić information content (AvgIpc) is 2.83. The highest BCUT2D eigenvalue weighted by Gasteiger charge is 2.23. The number of rotatable bonds is 8. The molecule has 0 heterocycles. The largest absolute Gasteiger partial charge is 0.493 e. The van der Waals surface area contributed by atoms with Gasteiger partial charge < -0.3 is 14.2 Å². The maximum absolute atomic E-state index is 12.7. The van der Waals surface area contributed by atoms with Crippen LogP contribution in [0, 0.1) is 28.4 Å². The van der Waals surface area contributed by atoms with Crippen molar-refractivity contribution in [1.82, 2.24) is 0 Å². The summed E-state index contributed by atoms with van der Waals surface area (Å²) < 4.78 is 36.1. The number of ether oxygens (including phenoxy) is 1. The summed E-state index contributed by atoms with van der Waals surface area (Å²) in [4.78, 5) is 22.4. The molecule has 12 heteroatoms. The van der Waals surface area contributed by atoms with E-state index in [-0.39, 0.29) is 32.1 Å². The summed E-state index contributed by atoms with van der Waals surface area (Å²) in [6, 6.07) is 16.0. The maximum atomic E-state index is 12.7. The first-order valence-electron chi connectivity index (χ1n) is 10.1. The SMILES string of the molecule is COc1cc(/C=C(\C#N)C(=O)Nc2cccc(C)c2)cc(Br)c1OS(=O)(=O)c1ccc([N+](=O)[O-])cc1. The van der Waals surface area contributed by atoms with Crippen molar-refractivity contribution in [3.05, 3.63) is 92.0 Å². The predicted octanol–water partition coefficient (Wildman–Crippen LogP) is 4.99. The number of amides is 1. The summed E-state index contributed by atoms with van der Waals surface area (Å²) in [5.41, 5.74) is 1.35. The fourth-order valence-electron chi connectivity index (χ4n) is 3.03. The van der Waals surface area contributed by atoms with E-state index < -0.39 is 20.9 Å². The molecule has 0 spiro atoms. The van der Waals surface area contributed by atoms with E-state index in [0.717, 1.165) is 29.8 Å². The first kappa shape index (κ1) is 26.4. The lowest BCUT2D eigenvalue weighted by atomic mass is 10.1. The molecule has 0 bridgehead atoms. The number of carbonyl (C=O) groups excluding carboxylic acids is 1. The normalized spacial score (nSPS) is 11.3. The number of nitro groups is 1. The molecule has 0 saturated carbocycles. The van der Waals surface area contributed by atoms with Crippen molar-refractivity contribution in [2.75, 3.05) is 12.4 Å². The van der Waals surface area contributed by atoms with Crippen molar-refractivity contribution in [1.29, 1.82) is 5.26 Å². The van der Waals surface area contributed by atoms with Crippen molar-refractivity contribution in [2.45, 2.75) is 11.8 Å². The monoisotopic (exact) mass is 571 g/mol. The number of hydrogen-bond donors (Lipinski definition) is 1. The molecule has 0 atom stereocenters. The minimum Gasteiger partial charge on any atom is -0.493 e. The first-order valence-corrected chi connectivity index (χ1v) is 12.3. The zero-order valence-electron chi connectivity index (χ0n) is 18.9. The molecule has 1 N–H and O–H groups in total. The van der Waals surface area contributed by atoms with Crippen LogP contribution in [0.1, 0.15) is 11.1 Å². The molecule has 0 aliphatic carbocycles. The molecule has 0 unspecified atom stereocenters. The third-order valence-electron chi connectivity index (χ3n) is 4.73. The summed E-state index contributed by atoms with van der Waals surface area (Å²) in [6.45, 7) is 1.87. The quantitative estimate of drug-likeness (QED) is 0.131. The van der Waals surface area contributed by atoms with Crippen LogP contribution in [0.5, 0.6) is 11.5 Å². The number of anilines is 1. The number of carbonyl (C=O) groups is 1. The molecule has 0 aromatic heterocycles. The standard InChI is InChI=1S/C24H18BrN3O7S/c1-15-4-3-5-18(10-15)27-24(29)17(14-26)11-16-12-21(25)23(22(13-16)34-2)35-36(32,33)20-8-6-19(7-9-20)28(30)31/h3-13H,1-2H3,(H,27,29)/b17-11+. The fraction of sp³-hybridized carbons (Fsp3) is 0.0833. The lowest BCUT2D eigenvalue weighted by molar-refractivity contribution is -0.384. The second kappa shape index (κ2) is 11.0. The van der Waals surface area contributed by atoms with E-state index in [2.05, 4.69) is 21.2 Å². The highest BCUT2D eigenvalue weighted by Crippen LogP contribution is 2.39. The molecule has 3 rings (SSSR count). The summed E-state index contributed by atoms with van der Waals surface area (Å²) in [5, 5.41) is 23.0. The van der Waals surface area contributed by atoms with Gasteiger partial charge in [0.15, 0.2) is 11.5 Å². The van der Waals surface area contributed by atoms with Crippen molar-refractivity contribution in [3.8, 4) is 17.6 Å². The Morgan fingerprint density at radius 3 is 2.44 bits per heavy atom. The van der Waals surface area contributed by atoms with Gasteiger partial charge in [-0.3, -0.25) is 14.9 Å². The van der Waals surface area contributed by atoms with Crippen molar-refractivity contribution in [3.63, 3.8) is 0 Å². The fourth-order valence-corrected chi connectivity index (χ4v) is 4.64. The number of halogens is 1. The molecule has 0 saturated heterocycles. The van der Waals surface area contributed by atoms with Crippen LogP contribution in [0.2, 0.25) is 0 Å². The first-order chi connectivity index (χ1) is 17.0. The number of benzene rings is 3. The Balaban J connectivity index is 1.90. The Morgan fingerprint density at radius 2 is 1.86 bits per heavy atom. The number of methoxy groups -OCH3 is 1. The third-order valence-corrected chi connectivity index (χ3v) is 6.56. The van der Waals surface area contributed by atoms with Gasteiger partial charge in [-0.2, -0.15) is 13.7 Å². The molecule has 1 amide bonds. The van der Waals surface area contributed by atoms with Crippen LogP contribution in [0.15, 0.2) is 75.6 Å². The van der Waals surface area contributed by atoms with Crippen LogP contribution in [0.25, 0.3) is 6.08 Å². The Labute approximate surface area is 215 Å². The van der Waals surface area contributed by atoms with Crippen molar-refractivity contribution in [2.24, 2.45) is 0 Å². The van der Waals surface area contributed by atoms with Crippen LogP contribution in [0.4, 0.5) is 11.4 Å². The Morgan fingerprint density at radius 1 is 1.17 bits per heavy atom. The molecule has 3 aromatic carbocycles. The van der Waals surface area contributed by atoms with Gasteiger partial charge in [-0.15, -0.1) is 0 Å². The number of nitro benzene ring substituents is 1. The smallest absolute Gasteiger partial charge is 0.339 e. The number of nitrogens with zero attached hydrogens (tertiary/aromatic N) is 2. The summed E-state index contributed by atoms with van der Waals surface area (Å²) in [6.07, 6.45) is 1.31. The van der Waals surface area contributed by atoms with Crippen LogP contribution in [-0.4, -0.2) is 26.4 Å². The van der Waals surface area contributed by atoms with Gasteiger partial charge in [0.1, 0.15) is 16.5 Å². The van der Waals surface area contributed by atoms with E-state index in [1.165, 1.54) is 25.3 Å². The van der Waals surface area contributed by atoms with Crippen LogP contribution in [-0.2, 0) is 14.9 Å². The Hall–Kier alpha value is -4.21. The van der Waals surface area contributed by atoms with Gasteiger partial charge in [0, 0.05) is 17.8 Å².